The normalized spacial score (nSPS) is 15.9. The van der Waals surface area contributed by atoms with Gasteiger partial charge in [0.2, 0.25) is 0 Å². The molecule has 0 bridgehead atoms. The zero-order valence-corrected chi connectivity index (χ0v) is 20.6. The number of carbonyl (C=O) groups excluding carboxylic acids is 2. The number of carbonyl (C=O) groups is 2. The first-order chi connectivity index (χ1) is 18.2. The zero-order valence-electron chi connectivity index (χ0n) is 20.6. The molecule has 1 aliphatic rings. The Kier molecular flexibility index (Phi) is 7.67. The lowest BCUT2D eigenvalue weighted by Gasteiger charge is -2.45. The van der Waals surface area contributed by atoms with Crippen molar-refractivity contribution in [1.29, 1.82) is 0 Å². The fraction of sp³-hybridized carbons (Fsp3) is 0.194. The molecule has 1 N–H and O–H groups in total. The number of hydrogen-bond donors (Lipinski definition) is 1. The van der Waals surface area contributed by atoms with Crippen LogP contribution in [0.1, 0.15) is 37.9 Å². The van der Waals surface area contributed by atoms with Gasteiger partial charge in [-0.15, -0.1) is 0 Å². The zero-order chi connectivity index (χ0) is 25.5. The minimum absolute atomic E-state index is 0.00308. The van der Waals surface area contributed by atoms with E-state index in [1.165, 1.54) is 11.1 Å². The molecule has 6 heteroatoms. The Morgan fingerprint density at radius 2 is 1.38 bits per heavy atom. The minimum Gasteiger partial charge on any atom is -0.350 e. The minimum atomic E-state index is -0.118. The Labute approximate surface area is 217 Å². The Morgan fingerprint density at radius 1 is 0.784 bits per heavy atom. The summed E-state index contributed by atoms with van der Waals surface area (Å²) >= 11 is 0. The first-order valence-corrected chi connectivity index (χ1v) is 12.6. The Bertz CT molecular complexity index is 1260. The maximum atomic E-state index is 13.3. The molecule has 1 fully saturated rings. The van der Waals surface area contributed by atoms with E-state index < -0.39 is 0 Å². The lowest BCUT2D eigenvalue weighted by atomic mass is 9.94. The van der Waals surface area contributed by atoms with Crippen LogP contribution in [0.3, 0.4) is 0 Å². The van der Waals surface area contributed by atoms with E-state index in [1.54, 1.807) is 24.5 Å². The van der Waals surface area contributed by atoms with Gasteiger partial charge in [-0.05, 0) is 35.4 Å². The van der Waals surface area contributed by atoms with E-state index in [0.29, 0.717) is 37.3 Å². The Morgan fingerprint density at radius 3 is 1.97 bits per heavy atom. The topological polar surface area (TPSA) is 65.5 Å². The predicted molar refractivity (Wildman–Crippen MR) is 144 cm³/mol. The van der Waals surface area contributed by atoms with E-state index in [0.717, 1.165) is 0 Å². The molecule has 0 saturated carbocycles. The van der Waals surface area contributed by atoms with Crippen molar-refractivity contribution in [3.63, 3.8) is 0 Å². The second-order valence-electron chi connectivity index (χ2n) is 9.18. The number of benzene rings is 3. The average molecular weight is 491 g/mol. The number of rotatable bonds is 7. The third kappa shape index (κ3) is 5.76. The fourth-order valence-corrected chi connectivity index (χ4v) is 5.00. The van der Waals surface area contributed by atoms with Crippen LogP contribution in [0.5, 0.6) is 0 Å². The Hall–Kier alpha value is -4.29. The van der Waals surface area contributed by atoms with Gasteiger partial charge in [-0.1, -0.05) is 78.9 Å². The van der Waals surface area contributed by atoms with Crippen molar-refractivity contribution in [1.82, 2.24) is 20.1 Å². The van der Waals surface area contributed by atoms with Gasteiger partial charge in [-0.2, -0.15) is 0 Å². The highest BCUT2D eigenvalue weighted by Gasteiger charge is 2.35. The van der Waals surface area contributed by atoms with E-state index in [4.69, 9.17) is 0 Å². The number of amides is 2. The van der Waals surface area contributed by atoms with Crippen LogP contribution in [-0.4, -0.2) is 58.8 Å². The fourth-order valence-electron chi connectivity index (χ4n) is 5.00. The molecule has 1 aliphatic heterocycles. The number of pyridine rings is 1. The molecular weight excluding hydrogens is 460 g/mol. The van der Waals surface area contributed by atoms with Crippen molar-refractivity contribution in [2.45, 2.75) is 12.1 Å². The third-order valence-electron chi connectivity index (χ3n) is 6.82. The van der Waals surface area contributed by atoms with Gasteiger partial charge in [0.15, 0.2) is 0 Å². The smallest absolute Gasteiger partial charge is 0.255 e. The summed E-state index contributed by atoms with van der Waals surface area (Å²) in [6.45, 7) is 2.18. The predicted octanol–water partition coefficient (Wildman–Crippen LogP) is 4.43. The van der Waals surface area contributed by atoms with Gasteiger partial charge in [-0.3, -0.25) is 19.5 Å². The molecule has 0 aliphatic carbocycles. The molecule has 6 nitrogen and oxygen atoms in total. The molecule has 1 unspecified atom stereocenters. The van der Waals surface area contributed by atoms with E-state index >= 15 is 0 Å². The van der Waals surface area contributed by atoms with Crippen molar-refractivity contribution < 1.29 is 9.59 Å². The second kappa shape index (κ2) is 11.6. The molecule has 1 aromatic heterocycles. The monoisotopic (exact) mass is 490 g/mol. The summed E-state index contributed by atoms with van der Waals surface area (Å²) in [6.07, 6.45) is 3.28. The van der Waals surface area contributed by atoms with Crippen LogP contribution in [-0.2, 0) is 0 Å². The maximum Gasteiger partial charge on any atom is 0.255 e. The quantitative estimate of drug-likeness (QED) is 0.416. The largest absolute Gasteiger partial charge is 0.350 e. The van der Waals surface area contributed by atoms with Crippen LogP contribution in [0.4, 0.5) is 0 Å². The lowest BCUT2D eigenvalue weighted by Crippen LogP contribution is -2.59. The van der Waals surface area contributed by atoms with Crippen LogP contribution in [0.15, 0.2) is 116 Å². The van der Waals surface area contributed by atoms with Gasteiger partial charge in [0, 0.05) is 50.2 Å². The molecule has 37 heavy (non-hydrogen) atoms. The van der Waals surface area contributed by atoms with Gasteiger partial charge >= 0.3 is 0 Å². The third-order valence-corrected chi connectivity index (χ3v) is 6.82. The van der Waals surface area contributed by atoms with Crippen LogP contribution in [0.25, 0.3) is 0 Å². The van der Waals surface area contributed by atoms with E-state index in [9.17, 15) is 9.59 Å². The lowest BCUT2D eigenvalue weighted by molar-refractivity contribution is 0.0382. The molecule has 0 spiro atoms. The van der Waals surface area contributed by atoms with Crippen molar-refractivity contribution in [2.24, 2.45) is 0 Å². The first kappa shape index (κ1) is 24.4. The summed E-state index contributed by atoms with van der Waals surface area (Å²) in [5.74, 6) is -0.157. The van der Waals surface area contributed by atoms with Gasteiger partial charge in [0.05, 0.1) is 11.6 Å². The SMILES string of the molecule is O=C(NCC1CN(C(=O)c2cccnc2)CCN1C(c1ccccc1)c1ccccc1)c1ccccc1. The van der Waals surface area contributed by atoms with E-state index in [-0.39, 0.29) is 23.9 Å². The molecule has 5 rings (SSSR count). The number of aromatic nitrogens is 1. The number of nitrogens with zero attached hydrogens (tertiary/aromatic N) is 3. The number of nitrogens with one attached hydrogen (secondary N) is 1. The molecule has 1 atom stereocenters. The molecule has 2 amide bonds. The molecule has 4 aromatic rings. The molecule has 2 heterocycles. The van der Waals surface area contributed by atoms with Crippen molar-refractivity contribution in [2.75, 3.05) is 26.2 Å². The molecule has 3 aromatic carbocycles. The van der Waals surface area contributed by atoms with Crippen molar-refractivity contribution in [3.05, 3.63) is 138 Å². The van der Waals surface area contributed by atoms with Gasteiger partial charge < -0.3 is 10.2 Å². The summed E-state index contributed by atoms with van der Waals surface area (Å²) in [4.78, 5) is 34.6. The summed E-state index contributed by atoms with van der Waals surface area (Å²) in [5.41, 5.74) is 3.56. The van der Waals surface area contributed by atoms with Crippen LogP contribution >= 0.6 is 0 Å². The molecule has 1 saturated heterocycles. The summed E-state index contributed by atoms with van der Waals surface area (Å²) < 4.78 is 0. The summed E-state index contributed by atoms with van der Waals surface area (Å²) in [6, 6.07) is 33.5. The van der Waals surface area contributed by atoms with Gasteiger partial charge in [-0.25, -0.2) is 0 Å². The summed E-state index contributed by atoms with van der Waals surface area (Å²) in [7, 11) is 0. The van der Waals surface area contributed by atoms with E-state index in [2.05, 4.69) is 63.7 Å². The highest BCUT2D eigenvalue weighted by atomic mass is 16.2. The van der Waals surface area contributed by atoms with Crippen LogP contribution < -0.4 is 5.32 Å². The number of hydrogen-bond acceptors (Lipinski definition) is 4. The highest BCUT2D eigenvalue weighted by Crippen LogP contribution is 2.32. The Balaban J connectivity index is 1.44. The van der Waals surface area contributed by atoms with Gasteiger partial charge in [0.25, 0.3) is 11.8 Å². The highest BCUT2D eigenvalue weighted by molar-refractivity contribution is 5.94. The number of piperazine rings is 1. The first-order valence-electron chi connectivity index (χ1n) is 12.6. The second-order valence-corrected chi connectivity index (χ2v) is 9.18. The standard InChI is InChI=1S/C31H30N4O2/c36-30(26-15-8-3-9-16-26)33-22-28-23-34(31(37)27-17-10-18-32-21-27)19-20-35(28)29(24-11-4-1-5-12-24)25-13-6-2-7-14-25/h1-18,21,28-29H,19-20,22-23H2,(H,33,36). The molecule has 0 radical (unpaired) electrons. The van der Waals surface area contributed by atoms with Crippen LogP contribution in [0, 0.1) is 0 Å². The molecular formula is C31H30N4O2. The average Bonchev–Trinajstić information content (AvgIpc) is 2.98. The maximum absolute atomic E-state index is 13.3. The van der Waals surface area contributed by atoms with Crippen LogP contribution in [0.2, 0.25) is 0 Å². The van der Waals surface area contributed by atoms with Crippen molar-refractivity contribution >= 4 is 11.8 Å². The van der Waals surface area contributed by atoms with E-state index in [1.807, 2.05) is 47.4 Å². The van der Waals surface area contributed by atoms with Gasteiger partial charge in [0.1, 0.15) is 0 Å². The van der Waals surface area contributed by atoms with Crippen molar-refractivity contribution in [3.8, 4) is 0 Å². The molecule has 186 valence electrons. The summed E-state index contributed by atoms with van der Waals surface area (Å²) in [5, 5.41) is 3.12.